The minimum atomic E-state index is -0.576. The molecule has 0 amide bonds. The standard InChI is InChI=1S/C57H35N3O/c1-2-16-37(17-3-1)56-58-49(38-18-14-19-40(33-38)60-51-27-12-8-23-44(51)55-41-20-5-4-15-36(41)29-31-52(55)60)35-50(59-56)39-30-32-54-48(34-39)57(47-26-11-13-28-53(47)61-54)45-24-9-6-21-42(45)43-22-7-10-25-46(43)57/h1-35H. The van der Waals surface area contributed by atoms with E-state index >= 15 is 0 Å². The smallest absolute Gasteiger partial charge is 0.160 e. The summed E-state index contributed by atoms with van der Waals surface area (Å²) in [6, 6.07) is 75.9. The highest BCUT2D eigenvalue weighted by Gasteiger charge is 2.51. The average molecular weight is 778 g/mol. The summed E-state index contributed by atoms with van der Waals surface area (Å²) < 4.78 is 9.16. The Morgan fingerprint density at radius 3 is 1.82 bits per heavy atom. The summed E-state index contributed by atoms with van der Waals surface area (Å²) in [6.07, 6.45) is 0. The molecule has 2 aliphatic rings. The van der Waals surface area contributed by atoms with Gasteiger partial charge in [-0.15, -0.1) is 0 Å². The fourth-order valence-electron chi connectivity index (χ4n) is 10.3. The highest BCUT2D eigenvalue weighted by molar-refractivity contribution is 6.21. The molecule has 0 unspecified atom stereocenters. The van der Waals surface area contributed by atoms with Crippen molar-refractivity contribution in [2.24, 2.45) is 0 Å². The molecule has 0 fully saturated rings. The molecule has 1 aliphatic carbocycles. The van der Waals surface area contributed by atoms with Gasteiger partial charge in [0.05, 0.1) is 27.8 Å². The summed E-state index contributed by atoms with van der Waals surface area (Å²) in [5.74, 6) is 2.40. The Morgan fingerprint density at radius 1 is 0.393 bits per heavy atom. The second-order valence-electron chi connectivity index (χ2n) is 16.1. The van der Waals surface area contributed by atoms with E-state index in [-0.39, 0.29) is 0 Å². The predicted octanol–water partition coefficient (Wildman–Crippen LogP) is 14.2. The van der Waals surface area contributed by atoms with Crippen molar-refractivity contribution in [1.29, 1.82) is 0 Å². The number of benzene rings is 9. The van der Waals surface area contributed by atoms with Crippen molar-refractivity contribution < 1.29 is 4.74 Å². The molecule has 0 saturated heterocycles. The maximum absolute atomic E-state index is 6.77. The van der Waals surface area contributed by atoms with E-state index in [0.29, 0.717) is 5.82 Å². The van der Waals surface area contributed by atoms with Crippen LogP contribution >= 0.6 is 0 Å². The molecule has 9 aromatic carbocycles. The van der Waals surface area contributed by atoms with Crippen LogP contribution in [0.25, 0.3) is 83.3 Å². The van der Waals surface area contributed by atoms with E-state index in [4.69, 9.17) is 14.7 Å². The molecule has 3 heterocycles. The molecule has 1 aliphatic heterocycles. The lowest BCUT2D eigenvalue weighted by Crippen LogP contribution is -2.32. The summed E-state index contributed by atoms with van der Waals surface area (Å²) in [6.45, 7) is 0. The van der Waals surface area contributed by atoms with E-state index in [9.17, 15) is 0 Å². The van der Waals surface area contributed by atoms with Crippen molar-refractivity contribution in [2.45, 2.75) is 5.41 Å². The van der Waals surface area contributed by atoms with Crippen molar-refractivity contribution in [1.82, 2.24) is 14.5 Å². The molecule has 4 nitrogen and oxygen atoms in total. The summed E-state index contributed by atoms with van der Waals surface area (Å²) in [7, 11) is 0. The van der Waals surface area contributed by atoms with Crippen LogP contribution in [0.4, 0.5) is 0 Å². The summed E-state index contributed by atoms with van der Waals surface area (Å²) in [5, 5.41) is 4.99. The van der Waals surface area contributed by atoms with Crippen LogP contribution < -0.4 is 4.74 Å². The van der Waals surface area contributed by atoms with Crippen LogP contribution in [-0.4, -0.2) is 14.5 Å². The van der Waals surface area contributed by atoms with Crippen molar-refractivity contribution >= 4 is 32.6 Å². The highest BCUT2D eigenvalue weighted by Crippen LogP contribution is 2.62. The SMILES string of the molecule is c1ccc(-c2nc(-c3cccc(-n4c5ccccc5c5c6ccccc6ccc54)c3)cc(-c3ccc4c(c3)C3(c5ccccc5O4)c4ccccc4-c4ccccc43)n2)cc1. The van der Waals surface area contributed by atoms with Gasteiger partial charge in [0, 0.05) is 44.3 Å². The quantitative estimate of drug-likeness (QED) is 0.179. The third kappa shape index (κ3) is 4.87. The van der Waals surface area contributed by atoms with Gasteiger partial charge in [0.15, 0.2) is 5.82 Å². The van der Waals surface area contributed by atoms with Gasteiger partial charge in [0.1, 0.15) is 11.5 Å². The second-order valence-corrected chi connectivity index (χ2v) is 16.1. The van der Waals surface area contributed by atoms with Crippen LogP contribution in [0.1, 0.15) is 22.3 Å². The van der Waals surface area contributed by atoms with Crippen LogP contribution in [-0.2, 0) is 5.41 Å². The maximum Gasteiger partial charge on any atom is 0.160 e. The van der Waals surface area contributed by atoms with Gasteiger partial charge in [0.2, 0.25) is 0 Å². The summed E-state index contributed by atoms with van der Waals surface area (Å²) in [4.78, 5) is 10.6. The molecule has 0 saturated carbocycles. The Bertz CT molecular complexity index is 3540. The number of hydrogen-bond acceptors (Lipinski definition) is 3. The Hall–Kier alpha value is -8.08. The largest absolute Gasteiger partial charge is 0.457 e. The summed E-state index contributed by atoms with van der Waals surface area (Å²) >= 11 is 0. The first kappa shape index (κ1) is 33.8. The molecular formula is C57H35N3O. The van der Waals surface area contributed by atoms with Crippen molar-refractivity contribution in [2.75, 3.05) is 0 Å². The molecule has 2 aromatic heterocycles. The molecule has 0 N–H and O–H groups in total. The van der Waals surface area contributed by atoms with Crippen LogP contribution in [0.3, 0.4) is 0 Å². The molecule has 1 spiro atoms. The van der Waals surface area contributed by atoms with Crippen LogP contribution in [0.2, 0.25) is 0 Å². The lowest BCUT2D eigenvalue weighted by Gasteiger charge is -2.39. The van der Waals surface area contributed by atoms with E-state index in [1.54, 1.807) is 0 Å². The van der Waals surface area contributed by atoms with Crippen molar-refractivity contribution in [3.05, 3.63) is 235 Å². The lowest BCUT2D eigenvalue weighted by atomic mass is 9.66. The number of fused-ring (bicyclic) bond motifs is 14. The van der Waals surface area contributed by atoms with Crippen molar-refractivity contribution in [3.63, 3.8) is 0 Å². The fraction of sp³-hybridized carbons (Fsp3) is 0.0175. The van der Waals surface area contributed by atoms with Crippen LogP contribution in [0, 0.1) is 0 Å². The normalized spacial score (nSPS) is 13.2. The van der Waals surface area contributed by atoms with Gasteiger partial charge in [0.25, 0.3) is 0 Å². The fourth-order valence-corrected chi connectivity index (χ4v) is 10.3. The van der Waals surface area contributed by atoms with Crippen molar-refractivity contribution in [3.8, 4) is 62.2 Å². The van der Waals surface area contributed by atoms with Gasteiger partial charge in [-0.1, -0.05) is 158 Å². The third-order valence-corrected chi connectivity index (χ3v) is 12.9. The predicted molar refractivity (Wildman–Crippen MR) is 248 cm³/mol. The maximum atomic E-state index is 6.77. The van der Waals surface area contributed by atoms with Gasteiger partial charge in [-0.3, -0.25) is 0 Å². The minimum absolute atomic E-state index is 0.576. The zero-order valence-corrected chi connectivity index (χ0v) is 33.0. The average Bonchev–Trinajstić information content (AvgIpc) is 3.83. The van der Waals surface area contributed by atoms with E-state index in [2.05, 4.69) is 199 Å². The van der Waals surface area contributed by atoms with E-state index in [1.165, 1.54) is 54.8 Å². The Balaban J connectivity index is 1.02. The molecule has 13 rings (SSSR count). The van der Waals surface area contributed by atoms with E-state index in [0.717, 1.165) is 56.4 Å². The molecule has 61 heavy (non-hydrogen) atoms. The number of ether oxygens (including phenoxy) is 1. The molecule has 0 bridgehead atoms. The number of aromatic nitrogens is 3. The number of hydrogen-bond donors (Lipinski definition) is 0. The molecule has 11 aromatic rings. The lowest BCUT2D eigenvalue weighted by molar-refractivity contribution is 0.436. The second kappa shape index (κ2) is 13.0. The first-order chi connectivity index (χ1) is 30.2. The number of nitrogens with zero attached hydrogens (tertiary/aromatic N) is 3. The molecule has 0 atom stereocenters. The number of para-hydroxylation sites is 2. The summed E-state index contributed by atoms with van der Waals surface area (Å²) in [5.41, 5.74) is 14.7. The zero-order valence-electron chi connectivity index (χ0n) is 33.0. The monoisotopic (exact) mass is 777 g/mol. The van der Waals surface area contributed by atoms with Gasteiger partial charge in [-0.2, -0.15) is 0 Å². The molecular weight excluding hydrogens is 743 g/mol. The number of rotatable bonds is 4. The Kier molecular flexibility index (Phi) is 7.19. The Labute approximate surface area is 352 Å². The van der Waals surface area contributed by atoms with Gasteiger partial charge < -0.3 is 9.30 Å². The van der Waals surface area contributed by atoms with Gasteiger partial charge in [-0.05, 0) is 87.6 Å². The van der Waals surface area contributed by atoms with Crippen LogP contribution in [0.15, 0.2) is 212 Å². The zero-order chi connectivity index (χ0) is 40.1. The molecule has 4 heteroatoms. The van der Waals surface area contributed by atoms with Crippen LogP contribution in [0.5, 0.6) is 11.5 Å². The topological polar surface area (TPSA) is 39.9 Å². The minimum Gasteiger partial charge on any atom is -0.457 e. The molecule has 284 valence electrons. The van der Waals surface area contributed by atoms with E-state index < -0.39 is 5.41 Å². The Morgan fingerprint density at radius 2 is 1.02 bits per heavy atom. The van der Waals surface area contributed by atoms with E-state index in [1.807, 2.05) is 18.2 Å². The van der Waals surface area contributed by atoms with Gasteiger partial charge in [-0.25, -0.2) is 9.97 Å². The van der Waals surface area contributed by atoms with Gasteiger partial charge >= 0.3 is 0 Å². The highest BCUT2D eigenvalue weighted by atomic mass is 16.5. The first-order valence-electron chi connectivity index (χ1n) is 20.8. The first-order valence-corrected chi connectivity index (χ1v) is 20.8. The molecule has 0 radical (unpaired) electrons. The third-order valence-electron chi connectivity index (χ3n) is 12.9.